The van der Waals surface area contributed by atoms with Gasteiger partial charge < -0.3 is 5.73 Å². The van der Waals surface area contributed by atoms with Gasteiger partial charge in [0, 0.05) is 10.2 Å². The van der Waals surface area contributed by atoms with E-state index in [1.54, 1.807) is 0 Å². The van der Waals surface area contributed by atoms with Gasteiger partial charge in [0.05, 0.1) is 5.39 Å². The lowest BCUT2D eigenvalue weighted by Gasteiger charge is -2.05. The summed E-state index contributed by atoms with van der Waals surface area (Å²) in [5.74, 6) is 0.551. The summed E-state index contributed by atoms with van der Waals surface area (Å²) in [6.45, 7) is 1.95. The molecule has 0 bridgehead atoms. The van der Waals surface area contributed by atoms with Crippen LogP contribution >= 0.6 is 15.9 Å². The minimum atomic E-state index is 0.551. The van der Waals surface area contributed by atoms with Crippen molar-refractivity contribution in [2.45, 2.75) is 6.92 Å². The molecule has 0 aliphatic rings. The quantitative estimate of drug-likeness (QED) is 0.725. The zero-order valence-corrected chi connectivity index (χ0v) is 11.3. The van der Waals surface area contributed by atoms with Crippen LogP contribution in [-0.2, 0) is 0 Å². The van der Waals surface area contributed by atoms with Gasteiger partial charge in [-0.2, -0.15) is 5.10 Å². The number of nitrogens with one attached hydrogen (secondary N) is 1. The molecular weight excluding hydrogens is 292 g/mol. The monoisotopic (exact) mass is 302 g/mol. The minimum Gasteiger partial charge on any atom is -0.383 e. The van der Waals surface area contributed by atoms with Crippen molar-refractivity contribution in [3.63, 3.8) is 0 Å². The van der Waals surface area contributed by atoms with Crippen molar-refractivity contribution in [1.29, 1.82) is 0 Å². The normalized spacial score (nSPS) is 11.0. The minimum absolute atomic E-state index is 0.551. The Hall–Kier alpha value is -1.88. The van der Waals surface area contributed by atoms with E-state index in [1.165, 1.54) is 0 Å². The first-order chi connectivity index (χ1) is 8.65. The van der Waals surface area contributed by atoms with Crippen LogP contribution in [0.2, 0.25) is 0 Å². The number of hydrogen-bond acceptors (Lipinski definition) is 3. The maximum atomic E-state index is 5.93. The van der Waals surface area contributed by atoms with E-state index in [2.05, 4.69) is 31.1 Å². The fraction of sp³-hybridized carbons (Fsp3) is 0.0769. The molecule has 0 saturated carbocycles. The molecule has 0 amide bonds. The molecule has 3 rings (SSSR count). The molecule has 0 aliphatic heterocycles. The molecule has 3 aromatic rings. The Bertz CT molecular complexity index is 716. The lowest BCUT2D eigenvalue weighted by molar-refractivity contribution is 1.09. The Morgan fingerprint density at radius 3 is 2.67 bits per heavy atom. The molecule has 0 radical (unpaired) electrons. The highest BCUT2D eigenvalue weighted by Gasteiger charge is 2.11. The van der Waals surface area contributed by atoms with Crippen LogP contribution in [0.1, 0.15) is 5.69 Å². The van der Waals surface area contributed by atoms with E-state index in [-0.39, 0.29) is 0 Å². The van der Waals surface area contributed by atoms with E-state index in [9.17, 15) is 0 Å². The maximum absolute atomic E-state index is 5.93. The van der Waals surface area contributed by atoms with Crippen LogP contribution in [0, 0.1) is 6.92 Å². The predicted molar refractivity (Wildman–Crippen MR) is 76.2 cm³/mol. The fourth-order valence-corrected chi connectivity index (χ4v) is 2.29. The summed E-state index contributed by atoms with van der Waals surface area (Å²) in [7, 11) is 0. The first-order valence-electron chi connectivity index (χ1n) is 5.52. The molecule has 1 aromatic carbocycles. The molecule has 4 nitrogen and oxygen atoms in total. The average Bonchev–Trinajstić information content (AvgIpc) is 2.71. The van der Waals surface area contributed by atoms with Crippen molar-refractivity contribution in [2.75, 3.05) is 5.73 Å². The smallest absolute Gasteiger partial charge is 0.183 e. The molecule has 0 fully saturated rings. The summed E-state index contributed by atoms with van der Waals surface area (Å²) in [4.78, 5) is 4.37. The van der Waals surface area contributed by atoms with Gasteiger partial charge >= 0.3 is 0 Å². The van der Waals surface area contributed by atoms with Crippen LogP contribution in [0.25, 0.3) is 22.2 Å². The summed E-state index contributed by atoms with van der Waals surface area (Å²) in [6, 6.07) is 10.1. The number of halogens is 1. The van der Waals surface area contributed by atoms with Crippen LogP contribution < -0.4 is 5.73 Å². The number of nitrogens with two attached hydrogens (primary N) is 1. The van der Waals surface area contributed by atoms with Gasteiger partial charge in [-0.15, -0.1) is 0 Å². The van der Waals surface area contributed by atoms with E-state index in [0.717, 1.165) is 26.7 Å². The largest absolute Gasteiger partial charge is 0.383 e. The van der Waals surface area contributed by atoms with Crippen LogP contribution in [-0.4, -0.2) is 15.2 Å². The van der Waals surface area contributed by atoms with E-state index in [1.807, 2.05) is 37.3 Å². The van der Waals surface area contributed by atoms with E-state index in [4.69, 9.17) is 5.73 Å². The summed E-state index contributed by atoms with van der Waals surface area (Å²) < 4.78 is 1.05. The van der Waals surface area contributed by atoms with Gasteiger partial charge in [0.2, 0.25) is 0 Å². The molecule has 0 atom stereocenters. The Morgan fingerprint density at radius 2 is 1.94 bits per heavy atom. The second kappa shape index (κ2) is 4.10. The van der Waals surface area contributed by atoms with E-state index >= 15 is 0 Å². The number of aromatic nitrogens is 3. The zero-order valence-electron chi connectivity index (χ0n) is 9.74. The molecule has 90 valence electrons. The summed E-state index contributed by atoms with van der Waals surface area (Å²) in [5, 5.41) is 7.77. The first kappa shape index (κ1) is 11.2. The number of pyridine rings is 1. The van der Waals surface area contributed by atoms with Crippen molar-refractivity contribution in [3.05, 3.63) is 40.5 Å². The molecule has 2 heterocycles. The topological polar surface area (TPSA) is 67.6 Å². The molecule has 2 aromatic heterocycles. The molecule has 0 unspecified atom stereocenters. The van der Waals surface area contributed by atoms with Gasteiger partial charge in [0.1, 0.15) is 5.82 Å². The number of nitrogens with zero attached hydrogens (tertiary/aromatic N) is 2. The van der Waals surface area contributed by atoms with Gasteiger partial charge in [-0.1, -0.05) is 28.1 Å². The van der Waals surface area contributed by atoms with Crippen molar-refractivity contribution in [1.82, 2.24) is 15.2 Å². The number of H-pyrrole nitrogens is 1. The number of aryl methyl sites for hydroxylation is 1. The third kappa shape index (κ3) is 1.76. The second-order valence-electron chi connectivity index (χ2n) is 4.15. The van der Waals surface area contributed by atoms with Gasteiger partial charge in [0.25, 0.3) is 0 Å². The number of hydrogen-bond donors (Lipinski definition) is 2. The Kier molecular flexibility index (Phi) is 2.56. The number of rotatable bonds is 1. The second-order valence-corrected chi connectivity index (χ2v) is 5.07. The van der Waals surface area contributed by atoms with Gasteiger partial charge in [-0.25, -0.2) is 4.98 Å². The van der Waals surface area contributed by atoms with Crippen LogP contribution in [0.15, 0.2) is 34.8 Å². The van der Waals surface area contributed by atoms with Crippen molar-refractivity contribution >= 4 is 32.8 Å². The van der Waals surface area contributed by atoms with Crippen LogP contribution in [0.3, 0.4) is 0 Å². The summed E-state index contributed by atoms with van der Waals surface area (Å²) in [6.07, 6.45) is 0. The highest BCUT2D eigenvalue weighted by molar-refractivity contribution is 9.10. The van der Waals surface area contributed by atoms with Gasteiger partial charge in [-0.3, -0.25) is 5.10 Å². The Labute approximate surface area is 112 Å². The third-order valence-electron chi connectivity index (χ3n) is 2.84. The van der Waals surface area contributed by atoms with Gasteiger partial charge in [0.15, 0.2) is 5.65 Å². The third-order valence-corrected chi connectivity index (χ3v) is 3.36. The number of benzene rings is 1. The number of anilines is 1. The number of nitrogen functional groups attached to an aromatic ring is 1. The summed E-state index contributed by atoms with van der Waals surface area (Å²) >= 11 is 3.43. The standard InChI is InChI=1S/C13H11BrN4/c1-7-6-10(8-2-4-9(14)5-3-8)11-12(15)17-18-13(11)16-7/h2-6H,1H3,(H3,15,16,17,18). The van der Waals surface area contributed by atoms with Crippen LogP contribution in [0.5, 0.6) is 0 Å². The van der Waals surface area contributed by atoms with Crippen molar-refractivity contribution < 1.29 is 0 Å². The Balaban J connectivity index is 2.33. The average molecular weight is 303 g/mol. The molecule has 18 heavy (non-hydrogen) atoms. The van der Waals surface area contributed by atoms with Gasteiger partial charge in [-0.05, 0) is 36.2 Å². The van der Waals surface area contributed by atoms with Crippen LogP contribution in [0.4, 0.5) is 5.82 Å². The van der Waals surface area contributed by atoms with E-state index < -0.39 is 0 Å². The van der Waals surface area contributed by atoms with E-state index in [0.29, 0.717) is 11.5 Å². The number of aromatic amines is 1. The zero-order chi connectivity index (χ0) is 12.7. The van der Waals surface area contributed by atoms with Crippen molar-refractivity contribution in [2.24, 2.45) is 0 Å². The fourth-order valence-electron chi connectivity index (χ4n) is 2.03. The lowest BCUT2D eigenvalue weighted by Crippen LogP contribution is -1.90. The molecule has 3 N–H and O–H groups in total. The lowest BCUT2D eigenvalue weighted by atomic mass is 10.0. The van der Waals surface area contributed by atoms with Crippen molar-refractivity contribution in [3.8, 4) is 11.1 Å². The molecular formula is C13H11BrN4. The highest BCUT2D eigenvalue weighted by atomic mass is 79.9. The highest BCUT2D eigenvalue weighted by Crippen LogP contribution is 2.31. The predicted octanol–water partition coefficient (Wildman–Crippen LogP) is 3.28. The number of fused-ring (bicyclic) bond motifs is 1. The molecule has 0 saturated heterocycles. The molecule has 0 spiro atoms. The first-order valence-corrected chi connectivity index (χ1v) is 6.31. The SMILES string of the molecule is Cc1cc(-c2ccc(Br)cc2)c2c(N)[nH]nc2n1. The Morgan fingerprint density at radius 1 is 1.22 bits per heavy atom. The summed E-state index contributed by atoms with van der Waals surface area (Å²) in [5.41, 5.74) is 9.66. The molecule has 0 aliphatic carbocycles. The maximum Gasteiger partial charge on any atom is 0.183 e. The molecule has 5 heteroatoms.